The fraction of sp³-hybridized carbons (Fsp3) is 0. The molecule has 0 fully saturated rings. The Hall–Kier alpha value is -1.57. The zero-order valence-corrected chi connectivity index (χ0v) is 10.4. The van der Waals surface area contributed by atoms with Crippen LogP contribution in [0.25, 0.3) is 0 Å². The third-order valence-corrected chi connectivity index (χ3v) is 2.49. The fourth-order valence-electron chi connectivity index (χ4n) is 1.14. The van der Waals surface area contributed by atoms with Crippen molar-refractivity contribution in [1.29, 1.82) is 0 Å². The van der Waals surface area contributed by atoms with Gasteiger partial charge in [0.05, 0.1) is 0 Å². The van der Waals surface area contributed by atoms with Crippen LogP contribution in [0.2, 0.25) is 0 Å². The molecule has 82 valence electrons. The number of anilines is 2. The number of benzene rings is 1. The molecule has 2 rings (SSSR count). The summed E-state index contributed by atoms with van der Waals surface area (Å²) >= 11 is 2.22. The first-order valence-electron chi connectivity index (χ1n) is 4.47. The first-order valence-corrected chi connectivity index (χ1v) is 5.55. The van der Waals surface area contributed by atoms with E-state index in [1.165, 1.54) is 6.07 Å². The molecule has 0 saturated heterocycles. The smallest absolute Gasteiger partial charge is 0.226 e. The highest BCUT2D eigenvalue weighted by molar-refractivity contribution is 14.1. The van der Waals surface area contributed by atoms with Crippen molar-refractivity contribution in [2.24, 2.45) is 0 Å². The third-order valence-electron chi connectivity index (χ3n) is 1.78. The summed E-state index contributed by atoms with van der Waals surface area (Å²) in [6, 6.07) is 9.08. The molecular weight excluding hydrogens is 319 g/mol. The molecule has 5 nitrogen and oxygen atoms in total. The zero-order chi connectivity index (χ0) is 11.5. The van der Waals surface area contributed by atoms with Gasteiger partial charge in [-0.2, -0.15) is 9.97 Å². The van der Waals surface area contributed by atoms with E-state index >= 15 is 0 Å². The Morgan fingerprint density at radius 3 is 2.38 bits per heavy atom. The van der Waals surface area contributed by atoms with Crippen molar-refractivity contribution in [2.75, 3.05) is 11.5 Å². The monoisotopic (exact) mass is 328 g/mol. The molecule has 6 heteroatoms. The lowest BCUT2D eigenvalue weighted by Gasteiger charge is -2.05. The highest BCUT2D eigenvalue weighted by Gasteiger charge is 2.02. The summed E-state index contributed by atoms with van der Waals surface area (Å²) < 4.78 is 6.61. The molecule has 0 aliphatic heterocycles. The highest BCUT2D eigenvalue weighted by Crippen LogP contribution is 2.21. The number of nitrogens with zero attached hydrogens (tertiary/aromatic N) is 2. The SMILES string of the molecule is Nc1cc(Oc2ccc(I)cc2)nc(N)n1. The summed E-state index contributed by atoms with van der Waals surface area (Å²) in [6.45, 7) is 0. The minimum absolute atomic E-state index is 0.0977. The molecule has 1 aromatic carbocycles. The van der Waals surface area contributed by atoms with Crippen LogP contribution in [0.15, 0.2) is 30.3 Å². The van der Waals surface area contributed by atoms with Crippen LogP contribution in [0.3, 0.4) is 0 Å². The van der Waals surface area contributed by atoms with Crippen LogP contribution in [0.1, 0.15) is 0 Å². The van der Waals surface area contributed by atoms with Crippen LogP contribution >= 0.6 is 22.6 Å². The quantitative estimate of drug-likeness (QED) is 0.824. The minimum Gasteiger partial charge on any atom is -0.439 e. The first kappa shape index (κ1) is 10.9. The van der Waals surface area contributed by atoms with Crippen LogP contribution in [-0.2, 0) is 0 Å². The molecule has 0 radical (unpaired) electrons. The highest BCUT2D eigenvalue weighted by atomic mass is 127. The molecule has 0 spiro atoms. The second-order valence-corrected chi connectivity index (χ2v) is 4.29. The Morgan fingerprint density at radius 1 is 1.06 bits per heavy atom. The molecular formula is C10H9IN4O. The maximum absolute atomic E-state index is 5.52. The van der Waals surface area contributed by atoms with Crippen molar-refractivity contribution < 1.29 is 4.74 Å². The molecule has 0 amide bonds. The Labute approximate surface area is 106 Å². The summed E-state index contributed by atoms with van der Waals surface area (Å²) in [7, 11) is 0. The minimum atomic E-state index is 0.0977. The largest absolute Gasteiger partial charge is 0.439 e. The van der Waals surface area contributed by atoms with E-state index in [1.807, 2.05) is 24.3 Å². The Balaban J connectivity index is 2.23. The maximum Gasteiger partial charge on any atom is 0.226 e. The van der Waals surface area contributed by atoms with E-state index in [0.29, 0.717) is 11.6 Å². The molecule has 16 heavy (non-hydrogen) atoms. The number of hydrogen-bond acceptors (Lipinski definition) is 5. The van der Waals surface area contributed by atoms with Gasteiger partial charge in [-0.05, 0) is 46.9 Å². The molecule has 0 unspecified atom stereocenters. The van der Waals surface area contributed by atoms with Gasteiger partial charge in [-0.1, -0.05) is 0 Å². The van der Waals surface area contributed by atoms with Gasteiger partial charge in [0, 0.05) is 9.64 Å². The number of aromatic nitrogens is 2. The van der Waals surface area contributed by atoms with E-state index in [2.05, 4.69) is 32.6 Å². The summed E-state index contributed by atoms with van der Waals surface area (Å²) in [5, 5.41) is 0. The maximum atomic E-state index is 5.52. The van der Waals surface area contributed by atoms with Gasteiger partial charge < -0.3 is 16.2 Å². The standard InChI is InChI=1S/C10H9IN4O/c11-6-1-3-7(4-2-6)16-9-5-8(12)14-10(13)15-9/h1-5H,(H4,12,13,14,15). The predicted molar refractivity (Wildman–Crippen MR) is 70.1 cm³/mol. The number of hydrogen-bond donors (Lipinski definition) is 2. The Morgan fingerprint density at radius 2 is 1.75 bits per heavy atom. The third kappa shape index (κ3) is 2.72. The topological polar surface area (TPSA) is 87.0 Å². The lowest BCUT2D eigenvalue weighted by molar-refractivity contribution is 0.463. The lowest BCUT2D eigenvalue weighted by atomic mass is 10.3. The van der Waals surface area contributed by atoms with Gasteiger partial charge in [-0.25, -0.2) is 0 Å². The molecule has 1 aromatic heterocycles. The lowest BCUT2D eigenvalue weighted by Crippen LogP contribution is -2.00. The van der Waals surface area contributed by atoms with E-state index in [4.69, 9.17) is 16.2 Å². The normalized spacial score (nSPS) is 10.1. The molecule has 0 aliphatic rings. The summed E-state index contributed by atoms with van der Waals surface area (Å²) in [4.78, 5) is 7.67. The van der Waals surface area contributed by atoms with Crippen molar-refractivity contribution in [2.45, 2.75) is 0 Å². The molecule has 4 N–H and O–H groups in total. The number of nitrogen functional groups attached to an aromatic ring is 2. The first-order chi connectivity index (χ1) is 7.63. The second kappa shape index (κ2) is 4.52. The van der Waals surface area contributed by atoms with Crippen LogP contribution in [0.5, 0.6) is 11.6 Å². The van der Waals surface area contributed by atoms with E-state index in [0.717, 1.165) is 3.57 Å². The van der Waals surface area contributed by atoms with Gasteiger partial charge in [0.1, 0.15) is 11.6 Å². The van der Waals surface area contributed by atoms with Crippen molar-refractivity contribution in [1.82, 2.24) is 9.97 Å². The van der Waals surface area contributed by atoms with Gasteiger partial charge in [0.15, 0.2) is 0 Å². The predicted octanol–water partition coefficient (Wildman–Crippen LogP) is 2.04. The zero-order valence-electron chi connectivity index (χ0n) is 8.22. The van der Waals surface area contributed by atoms with Gasteiger partial charge >= 0.3 is 0 Å². The van der Waals surface area contributed by atoms with Gasteiger partial charge in [0.2, 0.25) is 11.8 Å². The molecule has 0 aliphatic carbocycles. The van der Waals surface area contributed by atoms with Crippen LogP contribution in [0.4, 0.5) is 11.8 Å². The van der Waals surface area contributed by atoms with Crippen LogP contribution in [0, 0.1) is 3.57 Å². The van der Waals surface area contributed by atoms with E-state index in [1.54, 1.807) is 0 Å². The van der Waals surface area contributed by atoms with Crippen molar-refractivity contribution in [3.05, 3.63) is 33.9 Å². The second-order valence-electron chi connectivity index (χ2n) is 3.05. The van der Waals surface area contributed by atoms with E-state index < -0.39 is 0 Å². The average molecular weight is 328 g/mol. The van der Waals surface area contributed by atoms with Crippen molar-refractivity contribution in [3.63, 3.8) is 0 Å². The number of ether oxygens (including phenoxy) is 1. The van der Waals surface area contributed by atoms with E-state index in [9.17, 15) is 0 Å². The molecule has 0 bridgehead atoms. The number of nitrogens with two attached hydrogens (primary N) is 2. The molecule has 0 atom stereocenters. The van der Waals surface area contributed by atoms with Gasteiger partial charge in [-0.3, -0.25) is 0 Å². The van der Waals surface area contributed by atoms with Gasteiger partial charge in [0.25, 0.3) is 0 Å². The summed E-state index contributed by atoms with van der Waals surface area (Å²) in [5.74, 6) is 1.40. The summed E-state index contributed by atoms with van der Waals surface area (Å²) in [6.07, 6.45) is 0. The fourth-order valence-corrected chi connectivity index (χ4v) is 1.50. The molecule has 0 saturated carbocycles. The Bertz CT molecular complexity index is 480. The van der Waals surface area contributed by atoms with Crippen molar-refractivity contribution >= 4 is 34.4 Å². The molecule has 1 heterocycles. The Kier molecular flexibility index (Phi) is 3.09. The number of halogens is 1. The average Bonchev–Trinajstić information content (AvgIpc) is 2.20. The molecule has 2 aromatic rings. The van der Waals surface area contributed by atoms with Crippen molar-refractivity contribution in [3.8, 4) is 11.6 Å². The van der Waals surface area contributed by atoms with Crippen LogP contribution < -0.4 is 16.2 Å². The number of rotatable bonds is 2. The van der Waals surface area contributed by atoms with Gasteiger partial charge in [-0.15, -0.1) is 0 Å². The summed E-state index contributed by atoms with van der Waals surface area (Å²) in [5.41, 5.74) is 11.0. The van der Waals surface area contributed by atoms with E-state index in [-0.39, 0.29) is 11.8 Å². The van der Waals surface area contributed by atoms with Crippen LogP contribution in [-0.4, -0.2) is 9.97 Å².